The second-order valence-electron chi connectivity index (χ2n) is 4.33. The van der Waals surface area contributed by atoms with E-state index in [1.807, 2.05) is 0 Å². The second kappa shape index (κ2) is 5.24. The first-order valence-electron chi connectivity index (χ1n) is 5.81. The van der Waals surface area contributed by atoms with Crippen LogP contribution in [0, 0.1) is 0 Å². The van der Waals surface area contributed by atoms with E-state index < -0.39 is 47.7 Å². The molecule has 0 spiro atoms. The van der Waals surface area contributed by atoms with E-state index in [2.05, 4.69) is 0 Å². The Morgan fingerprint density at radius 1 is 0.682 bits per heavy atom. The molecule has 2 N–H and O–H groups in total. The van der Waals surface area contributed by atoms with Crippen molar-refractivity contribution in [3.8, 4) is 0 Å². The molecule has 0 aromatic heterocycles. The quantitative estimate of drug-likeness (QED) is 0.540. The number of carbonyl (C=O) groups is 6. The zero-order chi connectivity index (χ0) is 16.6. The van der Waals surface area contributed by atoms with Gasteiger partial charge in [0.1, 0.15) is 0 Å². The van der Waals surface area contributed by atoms with Gasteiger partial charge in [0.25, 0.3) is 23.6 Å². The van der Waals surface area contributed by atoms with Crippen LogP contribution in [0.15, 0.2) is 24.3 Å². The molecule has 0 saturated carbocycles. The molecule has 2 aliphatic heterocycles. The van der Waals surface area contributed by atoms with Crippen molar-refractivity contribution in [3.05, 3.63) is 24.3 Å². The summed E-state index contributed by atoms with van der Waals surface area (Å²) in [5, 5.41) is 18.4. The lowest BCUT2D eigenvalue weighted by molar-refractivity contribution is -0.166. The Balaban J connectivity index is 2.48. The van der Waals surface area contributed by atoms with Gasteiger partial charge in [0, 0.05) is 24.3 Å². The zero-order valence-electron chi connectivity index (χ0n) is 10.7. The van der Waals surface area contributed by atoms with E-state index in [4.69, 9.17) is 0 Å². The van der Waals surface area contributed by atoms with E-state index in [1.54, 1.807) is 0 Å². The first-order valence-corrected chi connectivity index (χ1v) is 5.81. The predicted octanol–water partition coefficient (Wildman–Crippen LogP) is -2.26. The Bertz CT molecular complexity index is 583. The van der Waals surface area contributed by atoms with Gasteiger partial charge in [0.05, 0.1) is 0 Å². The molecule has 2 heterocycles. The van der Waals surface area contributed by atoms with Crippen molar-refractivity contribution < 1.29 is 39.0 Å². The van der Waals surface area contributed by atoms with E-state index >= 15 is 0 Å². The Morgan fingerprint density at radius 2 is 0.909 bits per heavy atom. The molecule has 2 unspecified atom stereocenters. The Labute approximate surface area is 121 Å². The third kappa shape index (κ3) is 2.26. The van der Waals surface area contributed by atoms with Gasteiger partial charge in [-0.05, 0) is 0 Å². The summed E-state index contributed by atoms with van der Waals surface area (Å²) in [7, 11) is 0. The molecule has 0 aromatic rings. The Morgan fingerprint density at radius 3 is 1.09 bits per heavy atom. The molecule has 10 heteroatoms. The number of nitrogens with zero attached hydrogens (tertiary/aromatic N) is 2. The van der Waals surface area contributed by atoms with Crippen LogP contribution in [0.4, 0.5) is 0 Å². The smallest absolute Gasteiger partial charge is 0.329 e. The topological polar surface area (TPSA) is 149 Å². The van der Waals surface area contributed by atoms with Gasteiger partial charge in [0.2, 0.25) is 0 Å². The highest BCUT2D eigenvalue weighted by molar-refractivity contribution is 6.18. The number of amides is 4. The number of carboxylic acids is 2. The lowest BCUT2D eigenvalue weighted by Crippen LogP contribution is -2.61. The van der Waals surface area contributed by atoms with Crippen molar-refractivity contribution in [1.29, 1.82) is 0 Å². The monoisotopic (exact) mass is 308 g/mol. The average Bonchev–Trinajstić information content (AvgIpc) is 2.91. The number of hydrogen-bond acceptors (Lipinski definition) is 6. The number of rotatable bonds is 5. The summed E-state index contributed by atoms with van der Waals surface area (Å²) in [5.41, 5.74) is 0. The molecule has 2 rings (SSSR count). The fourth-order valence-electron chi connectivity index (χ4n) is 2.15. The van der Waals surface area contributed by atoms with Crippen LogP contribution in [0.25, 0.3) is 0 Å². The van der Waals surface area contributed by atoms with Crippen LogP contribution in [0.1, 0.15) is 0 Å². The Hall–Kier alpha value is -3.30. The van der Waals surface area contributed by atoms with E-state index in [9.17, 15) is 39.0 Å². The molecular weight excluding hydrogens is 300 g/mol. The number of hydrogen-bond donors (Lipinski definition) is 2. The van der Waals surface area contributed by atoms with Gasteiger partial charge >= 0.3 is 11.9 Å². The van der Waals surface area contributed by atoms with Crippen molar-refractivity contribution in [1.82, 2.24) is 9.80 Å². The highest BCUT2D eigenvalue weighted by Gasteiger charge is 2.50. The molecule has 0 aliphatic carbocycles. The van der Waals surface area contributed by atoms with Crippen LogP contribution < -0.4 is 0 Å². The first kappa shape index (κ1) is 15.1. The van der Waals surface area contributed by atoms with Gasteiger partial charge in [-0.2, -0.15) is 0 Å². The maximum atomic E-state index is 11.6. The standard InChI is InChI=1S/C12H8N2O8/c15-5-1-2-6(16)13(5)9(11(19)20)10(12(21)22)14-7(17)3-4-8(14)18/h1-4,9-10H,(H,19,20)(H,21,22). The first-order chi connectivity index (χ1) is 10.3. The summed E-state index contributed by atoms with van der Waals surface area (Å²) in [5.74, 6) is -7.87. The van der Waals surface area contributed by atoms with E-state index in [0.29, 0.717) is 0 Å². The van der Waals surface area contributed by atoms with E-state index in [-0.39, 0.29) is 9.80 Å². The number of aliphatic carboxylic acids is 2. The largest absolute Gasteiger partial charge is 0.480 e. The minimum absolute atomic E-state index is 0.181. The fourth-order valence-corrected chi connectivity index (χ4v) is 2.15. The number of carbonyl (C=O) groups excluding carboxylic acids is 4. The summed E-state index contributed by atoms with van der Waals surface area (Å²) >= 11 is 0. The molecule has 2 atom stereocenters. The zero-order valence-corrected chi connectivity index (χ0v) is 10.7. The number of imide groups is 2. The van der Waals surface area contributed by atoms with Gasteiger partial charge in [-0.15, -0.1) is 0 Å². The van der Waals surface area contributed by atoms with Gasteiger partial charge in [-0.25, -0.2) is 9.59 Å². The minimum atomic E-state index is -2.24. The van der Waals surface area contributed by atoms with Crippen molar-refractivity contribution >= 4 is 35.6 Å². The van der Waals surface area contributed by atoms with Crippen LogP contribution in [0.3, 0.4) is 0 Å². The van der Waals surface area contributed by atoms with Gasteiger partial charge in [-0.3, -0.25) is 29.0 Å². The van der Waals surface area contributed by atoms with Crippen LogP contribution in [0.2, 0.25) is 0 Å². The van der Waals surface area contributed by atoms with Crippen LogP contribution in [0.5, 0.6) is 0 Å². The van der Waals surface area contributed by atoms with Crippen molar-refractivity contribution in [2.24, 2.45) is 0 Å². The van der Waals surface area contributed by atoms with Crippen molar-refractivity contribution in [2.45, 2.75) is 12.1 Å². The van der Waals surface area contributed by atoms with E-state index in [0.717, 1.165) is 24.3 Å². The lowest BCUT2D eigenvalue weighted by Gasteiger charge is -2.31. The highest BCUT2D eigenvalue weighted by Crippen LogP contribution is 2.20. The summed E-state index contributed by atoms with van der Waals surface area (Å²) in [6.45, 7) is 0. The second-order valence-corrected chi connectivity index (χ2v) is 4.33. The maximum Gasteiger partial charge on any atom is 0.329 e. The fraction of sp³-hybridized carbons (Fsp3) is 0.167. The summed E-state index contributed by atoms with van der Waals surface area (Å²) in [6.07, 6.45) is 3.07. The van der Waals surface area contributed by atoms with Crippen LogP contribution in [-0.2, 0) is 28.8 Å². The molecule has 0 aromatic carbocycles. The third-order valence-electron chi connectivity index (χ3n) is 3.05. The molecule has 0 fully saturated rings. The van der Waals surface area contributed by atoms with E-state index in [1.165, 1.54) is 0 Å². The molecule has 0 radical (unpaired) electrons. The van der Waals surface area contributed by atoms with Gasteiger partial charge < -0.3 is 10.2 Å². The number of carboxylic acid groups (broad SMARTS) is 2. The summed E-state index contributed by atoms with van der Waals surface area (Å²) in [6, 6.07) is -4.47. The molecule has 4 amide bonds. The molecule has 2 aliphatic rings. The predicted molar refractivity (Wildman–Crippen MR) is 64.8 cm³/mol. The molecule has 22 heavy (non-hydrogen) atoms. The average molecular weight is 308 g/mol. The normalized spacial score (nSPS) is 20.0. The van der Waals surface area contributed by atoms with Crippen molar-refractivity contribution in [3.63, 3.8) is 0 Å². The maximum absolute atomic E-state index is 11.6. The van der Waals surface area contributed by atoms with Crippen molar-refractivity contribution in [2.75, 3.05) is 0 Å². The molecule has 114 valence electrons. The van der Waals surface area contributed by atoms with Crippen LogP contribution >= 0.6 is 0 Å². The highest BCUT2D eigenvalue weighted by atomic mass is 16.4. The SMILES string of the molecule is O=C(O)C(C(C(=O)O)N1C(=O)C=CC1=O)N1C(=O)C=CC1=O. The van der Waals surface area contributed by atoms with Gasteiger partial charge in [0.15, 0.2) is 12.1 Å². The minimum Gasteiger partial charge on any atom is -0.480 e. The van der Waals surface area contributed by atoms with Gasteiger partial charge in [-0.1, -0.05) is 0 Å². The summed E-state index contributed by atoms with van der Waals surface area (Å²) < 4.78 is 0. The molecular formula is C12H8N2O8. The molecule has 0 saturated heterocycles. The molecule has 10 nitrogen and oxygen atoms in total. The molecule has 0 bridgehead atoms. The summed E-state index contributed by atoms with van der Waals surface area (Å²) in [4.78, 5) is 69.5. The lowest BCUT2D eigenvalue weighted by atomic mass is 10.0. The Kier molecular flexibility index (Phi) is 3.59. The van der Waals surface area contributed by atoms with Crippen LogP contribution in [-0.4, -0.2) is 67.7 Å². The third-order valence-corrected chi connectivity index (χ3v) is 3.05.